The molecule has 1 aliphatic carbocycles. The largest absolute Gasteiger partial charge is 0.340 e. The van der Waals surface area contributed by atoms with Crippen molar-refractivity contribution in [2.24, 2.45) is 17.6 Å². The number of nitrogens with two attached hydrogens (primary N) is 1. The van der Waals surface area contributed by atoms with Crippen molar-refractivity contribution in [2.45, 2.75) is 32.7 Å². The molecule has 4 nitrogen and oxygen atoms in total. The van der Waals surface area contributed by atoms with E-state index in [4.69, 9.17) is 5.73 Å². The monoisotopic (exact) mass is 239 g/mol. The van der Waals surface area contributed by atoms with Gasteiger partial charge in [0.05, 0.1) is 0 Å². The molecule has 2 rings (SSSR count). The van der Waals surface area contributed by atoms with Gasteiger partial charge in [-0.05, 0) is 18.8 Å². The summed E-state index contributed by atoms with van der Waals surface area (Å²) in [4.78, 5) is 16.5. The number of carbonyl (C=O) groups is 1. The number of carbonyl (C=O) groups excluding carboxylic acids is 1. The minimum Gasteiger partial charge on any atom is -0.340 e. The van der Waals surface area contributed by atoms with E-state index in [1.54, 1.807) is 0 Å². The van der Waals surface area contributed by atoms with Crippen LogP contribution in [0.4, 0.5) is 0 Å². The standard InChI is InChI=1S/C13H25N3O/c1-3-11(9-14)15-4-6-16(7-5-15)13(17)12-8-10(12)2/h10-12H,3-9,14H2,1-2H3. The first-order valence-corrected chi connectivity index (χ1v) is 6.90. The summed E-state index contributed by atoms with van der Waals surface area (Å²) >= 11 is 0. The Hall–Kier alpha value is -0.610. The van der Waals surface area contributed by atoms with Crippen molar-refractivity contribution >= 4 is 5.91 Å². The van der Waals surface area contributed by atoms with E-state index in [0.717, 1.165) is 45.6 Å². The molecule has 98 valence electrons. The molecule has 0 aromatic heterocycles. The summed E-state index contributed by atoms with van der Waals surface area (Å²) < 4.78 is 0. The number of amides is 1. The van der Waals surface area contributed by atoms with E-state index in [1.165, 1.54) is 0 Å². The fraction of sp³-hybridized carbons (Fsp3) is 0.923. The summed E-state index contributed by atoms with van der Waals surface area (Å²) in [6.07, 6.45) is 2.20. The molecule has 0 aromatic carbocycles. The van der Waals surface area contributed by atoms with Gasteiger partial charge in [0.1, 0.15) is 0 Å². The lowest BCUT2D eigenvalue weighted by molar-refractivity contribution is -0.134. The molecule has 0 spiro atoms. The van der Waals surface area contributed by atoms with Crippen LogP contribution < -0.4 is 5.73 Å². The zero-order valence-corrected chi connectivity index (χ0v) is 11.1. The number of nitrogens with zero attached hydrogens (tertiary/aromatic N) is 2. The lowest BCUT2D eigenvalue weighted by Crippen LogP contribution is -2.53. The van der Waals surface area contributed by atoms with Gasteiger partial charge < -0.3 is 10.6 Å². The first-order chi connectivity index (χ1) is 8.17. The van der Waals surface area contributed by atoms with E-state index in [0.29, 0.717) is 23.8 Å². The van der Waals surface area contributed by atoms with Crippen molar-refractivity contribution in [1.29, 1.82) is 0 Å². The maximum Gasteiger partial charge on any atom is 0.226 e. The zero-order valence-electron chi connectivity index (χ0n) is 11.1. The van der Waals surface area contributed by atoms with Gasteiger partial charge in [0.2, 0.25) is 5.91 Å². The smallest absolute Gasteiger partial charge is 0.226 e. The Bertz CT molecular complexity index is 270. The topological polar surface area (TPSA) is 49.6 Å². The van der Waals surface area contributed by atoms with Crippen LogP contribution in [0.15, 0.2) is 0 Å². The molecular formula is C13H25N3O. The van der Waals surface area contributed by atoms with Gasteiger partial charge in [-0.15, -0.1) is 0 Å². The van der Waals surface area contributed by atoms with Gasteiger partial charge in [-0.3, -0.25) is 9.69 Å². The minimum atomic E-state index is 0.332. The molecule has 3 unspecified atom stereocenters. The first kappa shape index (κ1) is 12.8. The second-order valence-corrected chi connectivity index (χ2v) is 5.48. The Labute approximate surface area is 104 Å². The molecule has 0 aromatic rings. The Morgan fingerprint density at radius 1 is 1.35 bits per heavy atom. The summed E-state index contributed by atoms with van der Waals surface area (Å²) in [6, 6.07) is 0.493. The summed E-state index contributed by atoms with van der Waals surface area (Å²) in [6.45, 7) is 8.83. The molecule has 1 amide bonds. The molecule has 1 saturated heterocycles. The second kappa shape index (κ2) is 5.36. The third-order valence-electron chi connectivity index (χ3n) is 4.31. The highest BCUT2D eigenvalue weighted by atomic mass is 16.2. The molecule has 2 N–H and O–H groups in total. The molecule has 2 fully saturated rings. The lowest BCUT2D eigenvalue weighted by Gasteiger charge is -2.38. The quantitative estimate of drug-likeness (QED) is 0.778. The van der Waals surface area contributed by atoms with Crippen LogP contribution in [0.2, 0.25) is 0 Å². The van der Waals surface area contributed by atoms with Crippen LogP contribution in [0.3, 0.4) is 0 Å². The van der Waals surface area contributed by atoms with Crippen molar-refractivity contribution in [2.75, 3.05) is 32.7 Å². The predicted molar refractivity (Wildman–Crippen MR) is 68.6 cm³/mol. The molecule has 1 saturated carbocycles. The molecule has 0 bridgehead atoms. The van der Waals surface area contributed by atoms with E-state index in [1.807, 2.05) is 4.90 Å². The van der Waals surface area contributed by atoms with Crippen molar-refractivity contribution in [3.8, 4) is 0 Å². The van der Waals surface area contributed by atoms with Gasteiger partial charge in [0, 0.05) is 44.7 Å². The van der Waals surface area contributed by atoms with E-state index in [9.17, 15) is 4.79 Å². The predicted octanol–water partition coefficient (Wildman–Crippen LogP) is 0.524. The minimum absolute atomic E-state index is 0.332. The fourth-order valence-electron chi connectivity index (χ4n) is 2.78. The average molecular weight is 239 g/mol. The summed E-state index contributed by atoms with van der Waals surface area (Å²) in [5, 5.41) is 0. The summed E-state index contributed by atoms with van der Waals surface area (Å²) in [5.41, 5.74) is 5.76. The third-order valence-corrected chi connectivity index (χ3v) is 4.31. The molecule has 1 heterocycles. The molecule has 0 radical (unpaired) electrons. The number of hydrogen-bond acceptors (Lipinski definition) is 3. The van der Waals surface area contributed by atoms with E-state index in [-0.39, 0.29) is 0 Å². The van der Waals surface area contributed by atoms with Gasteiger partial charge in [-0.1, -0.05) is 13.8 Å². The highest BCUT2D eigenvalue weighted by molar-refractivity contribution is 5.81. The molecule has 3 atom stereocenters. The number of hydrogen-bond donors (Lipinski definition) is 1. The fourth-order valence-corrected chi connectivity index (χ4v) is 2.78. The Morgan fingerprint density at radius 2 is 1.94 bits per heavy atom. The SMILES string of the molecule is CCC(CN)N1CCN(C(=O)C2CC2C)CC1. The van der Waals surface area contributed by atoms with E-state index >= 15 is 0 Å². The normalized spacial score (nSPS) is 31.4. The maximum absolute atomic E-state index is 12.1. The van der Waals surface area contributed by atoms with Crippen LogP contribution in [0.1, 0.15) is 26.7 Å². The Morgan fingerprint density at radius 3 is 2.35 bits per heavy atom. The summed E-state index contributed by atoms with van der Waals surface area (Å²) in [7, 11) is 0. The van der Waals surface area contributed by atoms with Gasteiger partial charge in [0.15, 0.2) is 0 Å². The maximum atomic E-state index is 12.1. The van der Waals surface area contributed by atoms with Crippen molar-refractivity contribution in [1.82, 2.24) is 9.80 Å². The van der Waals surface area contributed by atoms with Gasteiger partial charge in [-0.25, -0.2) is 0 Å². The van der Waals surface area contributed by atoms with Gasteiger partial charge in [-0.2, -0.15) is 0 Å². The molecule has 4 heteroatoms. The molecule has 17 heavy (non-hydrogen) atoms. The van der Waals surface area contributed by atoms with Gasteiger partial charge >= 0.3 is 0 Å². The van der Waals surface area contributed by atoms with Crippen LogP contribution in [0, 0.1) is 11.8 Å². The number of piperazine rings is 1. The first-order valence-electron chi connectivity index (χ1n) is 6.90. The van der Waals surface area contributed by atoms with Crippen molar-refractivity contribution in [3.05, 3.63) is 0 Å². The highest BCUT2D eigenvalue weighted by Crippen LogP contribution is 2.39. The molecular weight excluding hydrogens is 214 g/mol. The average Bonchev–Trinajstić information content (AvgIpc) is 3.08. The van der Waals surface area contributed by atoms with Crippen LogP contribution >= 0.6 is 0 Å². The second-order valence-electron chi connectivity index (χ2n) is 5.48. The van der Waals surface area contributed by atoms with Crippen LogP contribution in [-0.4, -0.2) is 54.5 Å². The molecule has 2 aliphatic rings. The zero-order chi connectivity index (χ0) is 12.4. The van der Waals surface area contributed by atoms with Crippen molar-refractivity contribution in [3.63, 3.8) is 0 Å². The lowest BCUT2D eigenvalue weighted by atomic mass is 10.1. The van der Waals surface area contributed by atoms with Crippen LogP contribution in [0.25, 0.3) is 0 Å². The molecule has 1 aliphatic heterocycles. The number of rotatable bonds is 4. The Balaban J connectivity index is 1.79. The van der Waals surface area contributed by atoms with E-state index < -0.39 is 0 Å². The van der Waals surface area contributed by atoms with Crippen molar-refractivity contribution < 1.29 is 4.79 Å². The van der Waals surface area contributed by atoms with Crippen LogP contribution in [0.5, 0.6) is 0 Å². The van der Waals surface area contributed by atoms with E-state index in [2.05, 4.69) is 18.7 Å². The van der Waals surface area contributed by atoms with Crippen LogP contribution in [-0.2, 0) is 4.79 Å². The van der Waals surface area contributed by atoms with Gasteiger partial charge in [0.25, 0.3) is 0 Å². The Kier molecular flexibility index (Phi) is 4.05. The summed E-state index contributed by atoms with van der Waals surface area (Å²) in [5.74, 6) is 1.34. The highest BCUT2D eigenvalue weighted by Gasteiger charge is 2.42. The third kappa shape index (κ3) is 2.80.